The molecule has 0 aromatic heterocycles. The number of aryl methyl sites for hydroxylation is 1. The lowest BCUT2D eigenvalue weighted by Crippen LogP contribution is -2.53. The van der Waals surface area contributed by atoms with Gasteiger partial charge < -0.3 is 4.74 Å². The summed E-state index contributed by atoms with van der Waals surface area (Å²) in [7, 11) is 0. The smallest absolute Gasteiger partial charge is 0.144 e. The molecule has 0 amide bonds. The Morgan fingerprint density at radius 3 is 2.47 bits per heavy atom. The first-order chi connectivity index (χ1) is 9.05. The Morgan fingerprint density at radius 1 is 1.37 bits per heavy atom. The standard InChI is InChI=1S/C16H22N2O/c1-12(2)18-16(10-17,14-6-7-14)11-19-15-8-4-13(3)5-9-15/h4-5,8-9,12,14,18H,6-7,11H2,1-3H3. The summed E-state index contributed by atoms with van der Waals surface area (Å²) in [6.07, 6.45) is 2.23. The van der Waals surface area contributed by atoms with Gasteiger partial charge in [-0.05, 0) is 51.7 Å². The maximum Gasteiger partial charge on any atom is 0.144 e. The number of nitriles is 1. The van der Waals surface area contributed by atoms with E-state index in [4.69, 9.17) is 4.74 Å². The molecule has 0 aliphatic heterocycles. The van der Waals surface area contributed by atoms with E-state index in [-0.39, 0.29) is 6.04 Å². The van der Waals surface area contributed by atoms with Crippen molar-refractivity contribution in [3.8, 4) is 11.8 Å². The molecule has 3 heteroatoms. The summed E-state index contributed by atoms with van der Waals surface area (Å²) in [5.74, 6) is 1.25. The van der Waals surface area contributed by atoms with Gasteiger partial charge in [0.25, 0.3) is 0 Å². The van der Waals surface area contributed by atoms with Crippen LogP contribution >= 0.6 is 0 Å². The van der Waals surface area contributed by atoms with Crippen molar-refractivity contribution in [2.75, 3.05) is 6.61 Å². The summed E-state index contributed by atoms with van der Waals surface area (Å²) in [5, 5.41) is 13.0. The second-order valence-electron chi connectivity index (χ2n) is 5.76. The highest BCUT2D eigenvalue weighted by Gasteiger charge is 2.46. The predicted molar refractivity (Wildman–Crippen MR) is 76.0 cm³/mol. The highest BCUT2D eigenvalue weighted by atomic mass is 16.5. The van der Waals surface area contributed by atoms with Crippen molar-refractivity contribution in [1.82, 2.24) is 5.32 Å². The minimum Gasteiger partial charge on any atom is -0.491 e. The van der Waals surface area contributed by atoms with Gasteiger partial charge in [0.05, 0.1) is 6.07 Å². The van der Waals surface area contributed by atoms with E-state index >= 15 is 0 Å². The van der Waals surface area contributed by atoms with Crippen molar-refractivity contribution < 1.29 is 4.74 Å². The Hall–Kier alpha value is -1.53. The Balaban J connectivity index is 2.04. The average molecular weight is 258 g/mol. The molecule has 1 aromatic rings. The van der Waals surface area contributed by atoms with Crippen LogP contribution in [0.5, 0.6) is 5.75 Å². The van der Waals surface area contributed by atoms with Gasteiger partial charge in [-0.2, -0.15) is 5.26 Å². The van der Waals surface area contributed by atoms with E-state index in [2.05, 4.69) is 25.2 Å². The van der Waals surface area contributed by atoms with Crippen LogP contribution in [0, 0.1) is 24.2 Å². The van der Waals surface area contributed by atoms with Gasteiger partial charge >= 0.3 is 0 Å². The van der Waals surface area contributed by atoms with Gasteiger partial charge in [0.15, 0.2) is 0 Å². The normalized spacial score (nSPS) is 17.8. The van der Waals surface area contributed by atoms with Crippen LogP contribution in [0.4, 0.5) is 0 Å². The van der Waals surface area contributed by atoms with Crippen LogP contribution < -0.4 is 10.1 Å². The number of hydrogen-bond acceptors (Lipinski definition) is 3. The molecule has 1 aromatic carbocycles. The minimum absolute atomic E-state index is 0.280. The molecule has 1 atom stereocenters. The van der Waals surface area contributed by atoms with Crippen LogP contribution in [0.3, 0.4) is 0 Å². The highest BCUT2D eigenvalue weighted by molar-refractivity contribution is 5.27. The molecule has 102 valence electrons. The van der Waals surface area contributed by atoms with Gasteiger partial charge in [0.2, 0.25) is 0 Å². The molecule has 0 heterocycles. The Morgan fingerprint density at radius 2 is 2.00 bits per heavy atom. The second-order valence-corrected chi connectivity index (χ2v) is 5.76. The summed E-state index contributed by atoms with van der Waals surface area (Å²) in [5.41, 5.74) is 0.667. The molecule has 2 rings (SSSR count). The van der Waals surface area contributed by atoms with Crippen LogP contribution in [0.15, 0.2) is 24.3 Å². The molecule has 0 spiro atoms. The summed E-state index contributed by atoms with van der Waals surface area (Å²) in [4.78, 5) is 0. The van der Waals surface area contributed by atoms with E-state index in [9.17, 15) is 5.26 Å². The molecule has 1 saturated carbocycles. The van der Waals surface area contributed by atoms with Crippen molar-refractivity contribution in [1.29, 1.82) is 5.26 Å². The van der Waals surface area contributed by atoms with E-state index in [1.165, 1.54) is 5.56 Å². The maximum absolute atomic E-state index is 9.57. The van der Waals surface area contributed by atoms with Crippen molar-refractivity contribution >= 4 is 0 Å². The first-order valence-corrected chi connectivity index (χ1v) is 6.94. The van der Waals surface area contributed by atoms with Crippen LogP contribution in [-0.4, -0.2) is 18.2 Å². The first-order valence-electron chi connectivity index (χ1n) is 6.94. The average Bonchev–Trinajstić information content (AvgIpc) is 3.20. The molecule has 3 nitrogen and oxygen atoms in total. The first kappa shape index (κ1) is 13.9. The molecule has 1 aliphatic carbocycles. The number of benzene rings is 1. The SMILES string of the molecule is Cc1ccc(OCC(C#N)(NC(C)C)C2CC2)cc1. The molecule has 19 heavy (non-hydrogen) atoms. The third-order valence-corrected chi connectivity index (χ3v) is 3.51. The molecule has 1 aliphatic rings. The summed E-state index contributed by atoms with van der Waals surface area (Å²) in [6.45, 7) is 6.60. The van der Waals surface area contributed by atoms with Crippen molar-refractivity contribution in [2.24, 2.45) is 5.92 Å². The van der Waals surface area contributed by atoms with Gasteiger partial charge in [-0.25, -0.2) is 0 Å². The second kappa shape index (κ2) is 5.63. The van der Waals surface area contributed by atoms with Crippen molar-refractivity contribution in [2.45, 2.75) is 45.2 Å². The Kier molecular flexibility index (Phi) is 4.11. The van der Waals surface area contributed by atoms with Gasteiger partial charge in [0, 0.05) is 6.04 Å². The highest BCUT2D eigenvalue weighted by Crippen LogP contribution is 2.40. The number of ether oxygens (including phenoxy) is 1. The van der Waals surface area contributed by atoms with Crippen molar-refractivity contribution in [3.63, 3.8) is 0 Å². The van der Waals surface area contributed by atoms with Crippen LogP contribution in [0.1, 0.15) is 32.3 Å². The lowest BCUT2D eigenvalue weighted by atomic mass is 9.95. The van der Waals surface area contributed by atoms with Crippen LogP contribution in [0.2, 0.25) is 0 Å². The summed E-state index contributed by atoms with van der Waals surface area (Å²) < 4.78 is 5.83. The van der Waals surface area contributed by atoms with E-state index in [1.54, 1.807) is 0 Å². The Bertz CT molecular complexity index is 457. The molecule has 0 bridgehead atoms. The number of nitrogens with one attached hydrogen (secondary N) is 1. The molecule has 1 unspecified atom stereocenters. The van der Waals surface area contributed by atoms with Crippen LogP contribution in [-0.2, 0) is 0 Å². The molecule has 1 fully saturated rings. The third-order valence-electron chi connectivity index (χ3n) is 3.51. The lowest BCUT2D eigenvalue weighted by molar-refractivity contribution is 0.192. The van der Waals surface area contributed by atoms with E-state index in [0.717, 1.165) is 18.6 Å². The largest absolute Gasteiger partial charge is 0.491 e. The zero-order valence-corrected chi connectivity index (χ0v) is 11.9. The summed E-state index contributed by atoms with van der Waals surface area (Å²) in [6, 6.07) is 10.7. The molecule has 0 saturated heterocycles. The number of hydrogen-bond donors (Lipinski definition) is 1. The zero-order chi connectivity index (χ0) is 13.9. The van der Waals surface area contributed by atoms with E-state index in [0.29, 0.717) is 12.5 Å². The maximum atomic E-state index is 9.57. The number of rotatable bonds is 6. The fourth-order valence-electron chi connectivity index (χ4n) is 2.36. The van der Waals surface area contributed by atoms with Gasteiger partial charge in [-0.1, -0.05) is 17.7 Å². The quantitative estimate of drug-likeness (QED) is 0.853. The number of nitrogens with zero attached hydrogens (tertiary/aromatic N) is 1. The fraction of sp³-hybridized carbons (Fsp3) is 0.562. The third kappa shape index (κ3) is 3.48. The van der Waals surface area contributed by atoms with Gasteiger partial charge in [-0.15, -0.1) is 0 Å². The summed E-state index contributed by atoms with van der Waals surface area (Å²) >= 11 is 0. The zero-order valence-electron chi connectivity index (χ0n) is 11.9. The minimum atomic E-state index is -0.543. The Labute approximate surface area is 115 Å². The van der Waals surface area contributed by atoms with E-state index in [1.807, 2.05) is 31.2 Å². The molecule has 0 radical (unpaired) electrons. The lowest BCUT2D eigenvalue weighted by Gasteiger charge is -2.30. The van der Waals surface area contributed by atoms with Crippen molar-refractivity contribution in [3.05, 3.63) is 29.8 Å². The van der Waals surface area contributed by atoms with Crippen LogP contribution in [0.25, 0.3) is 0 Å². The fourth-order valence-corrected chi connectivity index (χ4v) is 2.36. The monoisotopic (exact) mass is 258 g/mol. The van der Waals surface area contributed by atoms with Gasteiger partial charge in [-0.3, -0.25) is 5.32 Å². The topological polar surface area (TPSA) is 45.0 Å². The molecule has 1 N–H and O–H groups in total. The molecular weight excluding hydrogens is 236 g/mol. The molecular formula is C16H22N2O. The van der Waals surface area contributed by atoms with Gasteiger partial charge in [0.1, 0.15) is 17.9 Å². The van der Waals surface area contributed by atoms with E-state index < -0.39 is 5.54 Å². The predicted octanol–water partition coefficient (Wildman–Crippen LogP) is 3.04.